The molecule has 0 unspecified atom stereocenters. The van der Waals surface area contributed by atoms with Gasteiger partial charge in [-0.25, -0.2) is 0 Å². The molecule has 1 aliphatic carbocycles. The fourth-order valence-electron chi connectivity index (χ4n) is 2.99. The van der Waals surface area contributed by atoms with Gasteiger partial charge < -0.3 is 0 Å². The third-order valence-electron chi connectivity index (χ3n) is 3.81. The van der Waals surface area contributed by atoms with Crippen LogP contribution in [-0.4, -0.2) is 11.8 Å². The predicted molar refractivity (Wildman–Crippen MR) is 59.1 cm³/mol. The standard InChI is InChI=1S/C13H13NO2/c15-11-9-5-1-2-6-10(9)13(12(16)14-11)7-3-4-8-13/h1-2,5-6H,3-4,7-8H2,(H,14,15,16). The van der Waals surface area contributed by atoms with Gasteiger partial charge in [0.2, 0.25) is 5.91 Å². The third kappa shape index (κ3) is 1.08. The van der Waals surface area contributed by atoms with E-state index in [2.05, 4.69) is 5.32 Å². The van der Waals surface area contributed by atoms with E-state index < -0.39 is 5.41 Å². The fraction of sp³-hybridized carbons (Fsp3) is 0.385. The highest BCUT2D eigenvalue weighted by Crippen LogP contribution is 2.44. The number of nitrogens with one attached hydrogen (secondary N) is 1. The van der Waals surface area contributed by atoms with Crippen molar-refractivity contribution in [3.05, 3.63) is 35.4 Å². The van der Waals surface area contributed by atoms with E-state index in [0.29, 0.717) is 5.56 Å². The largest absolute Gasteiger partial charge is 0.292 e. The molecule has 16 heavy (non-hydrogen) atoms. The summed E-state index contributed by atoms with van der Waals surface area (Å²) in [6.07, 6.45) is 3.86. The first-order valence-corrected chi connectivity index (χ1v) is 5.69. The van der Waals surface area contributed by atoms with Crippen molar-refractivity contribution < 1.29 is 9.59 Å². The summed E-state index contributed by atoms with van der Waals surface area (Å²) in [6, 6.07) is 7.48. The third-order valence-corrected chi connectivity index (χ3v) is 3.81. The summed E-state index contributed by atoms with van der Waals surface area (Å²) >= 11 is 0. The summed E-state index contributed by atoms with van der Waals surface area (Å²) in [5.74, 6) is -0.355. The predicted octanol–water partition coefficient (Wildman–Crippen LogP) is 1.77. The minimum atomic E-state index is -0.426. The summed E-state index contributed by atoms with van der Waals surface area (Å²) < 4.78 is 0. The molecule has 3 rings (SSSR count). The molecule has 0 aromatic heterocycles. The van der Waals surface area contributed by atoms with Crippen LogP contribution in [0.1, 0.15) is 41.6 Å². The second kappa shape index (κ2) is 3.17. The van der Waals surface area contributed by atoms with Crippen LogP contribution >= 0.6 is 0 Å². The van der Waals surface area contributed by atoms with Gasteiger partial charge in [0.1, 0.15) is 0 Å². The molecule has 1 aromatic rings. The van der Waals surface area contributed by atoms with Crippen molar-refractivity contribution >= 4 is 11.8 Å². The van der Waals surface area contributed by atoms with Crippen LogP contribution in [-0.2, 0) is 10.2 Å². The first kappa shape index (κ1) is 9.58. The average molecular weight is 215 g/mol. The number of amides is 2. The number of hydrogen-bond donors (Lipinski definition) is 1. The Labute approximate surface area is 93.8 Å². The number of hydrogen-bond acceptors (Lipinski definition) is 2. The van der Waals surface area contributed by atoms with Crippen LogP contribution < -0.4 is 5.32 Å². The van der Waals surface area contributed by atoms with Gasteiger partial charge in [-0.2, -0.15) is 0 Å². The smallest absolute Gasteiger partial charge is 0.258 e. The molecule has 3 nitrogen and oxygen atoms in total. The van der Waals surface area contributed by atoms with E-state index in [1.807, 2.05) is 18.2 Å². The maximum Gasteiger partial charge on any atom is 0.258 e. The van der Waals surface area contributed by atoms with Crippen LogP contribution in [0.3, 0.4) is 0 Å². The van der Waals surface area contributed by atoms with Crippen LogP contribution in [0.2, 0.25) is 0 Å². The van der Waals surface area contributed by atoms with E-state index in [0.717, 1.165) is 31.2 Å². The molecular weight excluding hydrogens is 202 g/mol. The van der Waals surface area contributed by atoms with Gasteiger partial charge in [-0.05, 0) is 24.5 Å². The zero-order valence-corrected chi connectivity index (χ0v) is 8.95. The highest BCUT2D eigenvalue weighted by molar-refractivity contribution is 6.13. The molecule has 1 saturated carbocycles. The molecule has 82 valence electrons. The van der Waals surface area contributed by atoms with Crippen molar-refractivity contribution in [3.8, 4) is 0 Å². The molecule has 3 heteroatoms. The number of carbonyl (C=O) groups excluding carboxylic acids is 2. The Hall–Kier alpha value is -1.64. The molecule has 1 aromatic carbocycles. The highest BCUT2D eigenvalue weighted by atomic mass is 16.2. The fourth-order valence-corrected chi connectivity index (χ4v) is 2.99. The van der Waals surface area contributed by atoms with Gasteiger partial charge >= 0.3 is 0 Å². The molecule has 1 heterocycles. The normalized spacial score (nSPS) is 22.0. The zero-order valence-electron chi connectivity index (χ0n) is 8.95. The Morgan fingerprint density at radius 1 is 1.06 bits per heavy atom. The summed E-state index contributed by atoms with van der Waals surface area (Å²) in [6.45, 7) is 0. The maximum absolute atomic E-state index is 12.1. The highest BCUT2D eigenvalue weighted by Gasteiger charge is 2.47. The molecule has 1 spiro atoms. The van der Waals surface area contributed by atoms with Crippen molar-refractivity contribution in [2.75, 3.05) is 0 Å². The van der Waals surface area contributed by atoms with E-state index in [-0.39, 0.29) is 11.8 Å². The molecule has 0 bridgehead atoms. The summed E-state index contributed by atoms with van der Waals surface area (Å²) in [4.78, 5) is 23.8. The van der Waals surface area contributed by atoms with Crippen LogP contribution in [0, 0.1) is 0 Å². The lowest BCUT2D eigenvalue weighted by Gasteiger charge is -2.33. The minimum absolute atomic E-state index is 0.103. The van der Waals surface area contributed by atoms with E-state index in [4.69, 9.17) is 0 Å². The van der Waals surface area contributed by atoms with E-state index in [1.165, 1.54) is 0 Å². The first-order valence-electron chi connectivity index (χ1n) is 5.69. The van der Waals surface area contributed by atoms with Crippen LogP contribution in [0.25, 0.3) is 0 Å². The van der Waals surface area contributed by atoms with E-state index in [1.54, 1.807) is 6.07 Å². The summed E-state index contributed by atoms with van der Waals surface area (Å²) in [5, 5.41) is 2.49. The Kier molecular flexibility index (Phi) is 1.90. The minimum Gasteiger partial charge on any atom is -0.292 e. The lowest BCUT2D eigenvalue weighted by Crippen LogP contribution is -2.50. The molecule has 1 aliphatic heterocycles. The molecule has 2 aliphatic rings. The summed E-state index contributed by atoms with van der Waals surface area (Å²) in [5.41, 5.74) is 1.18. The Balaban J connectivity index is 2.23. The molecule has 0 saturated heterocycles. The molecule has 1 fully saturated rings. The lowest BCUT2D eigenvalue weighted by molar-refractivity contribution is -0.126. The van der Waals surface area contributed by atoms with Gasteiger partial charge in [0, 0.05) is 5.56 Å². The van der Waals surface area contributed by atoms with Gasteiger partial charge in [0.15, 0.2) is 0 Å². The Morgan fingerprint density at radius 2 is 1.75 bits per heavy atom. The van der Waals surface area contributed by atoms with Crippen LogP contribution in [0.4, 0.5) is 0 Å². The van der Waals surface area contributed by atoms with Crippen molar-refractivity contribution in [2.24, 2.45) is 0 Å². The van der Waals surface area contributed by atoms with Crippen molar-refractivity contribution in [2.45, 2.75) is 31.1 Å². The molecular formula is C13H13NO2. The number of rotatable bonds is 0. The first-order chi connectivity index (χ1) is 7.74. The molecule has 0 atom stereocenters. The average Bonchev–Trinajstić information content (AvgIpc) is 2.77. The van der Waals surface area contributed by atoms with Gasteiger partial charge in [0.05, 0.1) is 5.41 Å². The van der Waals surface area contributed by atoms with Crippen LogP contribution in [0.5, 0.6) is 0 Å². The van der Waals surface area contributed by atoms with Crippen molar-refractivity contribution in [1.29, 1.82) is 0 Å². The Morgan fingerprint density at radius 3 is 2.50 bits per heavy atom. The number of fused-ring (bicyclic) bond motifs is 2. The SMILES string of the molecule is O=C1NC(=O)C2(CCCC2)c2ccccc21. The lowest BCUT2D eigenvalue weighted by atomic mass is 9.73. The van der Waals surface area contributed by atoms with Crippen LogP contribution in [0.15, 0.2) is 24.3 Å². The monoisotopic (exact) mass is 215 g/mol. The van der Waals surface area contributed by atoms with Gasteiger partial charge in [-0.3, -0.25) is 14.9 Å². The second-order valence-electron chi connectivity index (χ2n) is 4.62. The Bertz CT molecular complexity index is 473. The van der Waals surface area contributed by atoms with Gasteiger partial charge in [-0.1, -0.05) is 31.0 Å². The molecule has 2 amide bonds. The summed E-state index contributed by atoms with van der Waals surface area (Å²) in [7, 11) is 0. The van der Waals surface area contributed by atoms with E-state index >= 15 is 0 Å². The quantitative estimate of drug-likeness (QED) is 0.670. The number of carbonyl (C=O) groups is 2. The molecule has 0 radical (unpaired) electrons. The zero-order chi connectivity index (χ0) is 11.2. The maximum atomic E-state index is 12.1. The van der Waals surface area contributed by atoms with E-state index in [9.17, 15) is 9.59 Å². The van der Waals surface area contributed by atoms with Crippen molar-refractivity contribution in [3.63, 3.8) is 0 Å². The number of benzene rings is 1. The van der Waals surface area contributed by atoms with Gasteiger partial charge in [-0.15, -0.1) is 0 Å². The number of imide groups is 1. The topological polar surface area (TPSA) is 46.2 Å². The van der Waals surface area contributed by atoms with Gasteiger partial charge in [0.25, 0.3) is 5.91 Å². The van der Waals surface area contributed by atoms with Crippen molar-refractivity contribution in [1.82, 2.24) is 5.32 Å². The molecule has 1 N–H and O–H groups in total. The second-order valence-corrected chi connectivity index (χ2v) is 4.62.